The zero-order valence-corrected chi connectivity index (χ0v) is 25.6. The van der Waals surface area contributed by atoms with E-state index in [0.29, 0.717) is 24.7 Å². The molecule has 3 aromatic carbocycles. The minimum atomic E-state index is -3.90. The van der Waals surface area contributed by atoms with Crippen molar-refractivity contribution >= 4 is 27.5 Å². The molecule has 42 heavy (non-hydrogen) atoms. The van der Waals surface area contributed by atoms with Crippen LogP contribution in [0.15, 0.2) is 72.8 Å². The van der Waals surface area contributed by atoms with E-state index in [0.717, 1.165) is 27.3 Å². The summed E-state index contributed by atoms with van der Waals surface area (Å²) in [6.45, 7) is 7.96. The Hall–Kier alpha value is -4.05. The molecule has 0 radical (unpaired) electrons. The number of fused-ring (bicyclic) bond motifs is 1. The Morgan fingerprint density at radius 2 is 1.55 bits per heavy atom. The second-order valence-electron chi connectivity index (χ2n) is 11.5. The van der Waals surface area contributed by atoms with Crippen LogP contribution in [0.3, 0.4) is 0 Å². The second-order valence-corrected chi connectivity index (χ2v) is 13.5. The minimum Gasteiger partial charge on any atom is -0.486 e. The maximum Gasteiger partial charge on any atom is 0.244 e. The van der Waals surface area contributed by atoms with Crippen molar-refractivity contribution in [2.45, 2.75) is 52.2 Å². The number of carbonyl (C=O) groups excluding carboxylic acids is 2. The molecule has 0 fully saturated rings. The van der Waals surface area contributed by atoms with Gasteiger partial charge in [0.05, 0.1) is 11.9 Å². The average molecular weight is 594 g/mol. The van der Waals surface area contributed by atoms with Crippen LogP contribution in [0.4, 0.5) is 5.69 Å². The highest BCUT2D eigenvalue weighted by atomic mass is 32.2. The van der Waals surface area contributed by atoms with Crippen LogP contribution >= 0.6 is 0 Å². The van der Waals surface area contributed by atoms with Gasteiger partial charge in [-0.05, 0) is 51.0 Å². The van der Waals surface area contributed by atoms with E-state index in [1.165, 1.54) is 4.90 Å². The Kier molecular flexibility index (Phi) is 9.46. The van der Waals surface area contributed by atoms with Gasteiger partial charge in [0.25, 0.3) is 0 Å². The van der Waals surface area contributed by atoms with E-state index in [9.17, 15) is 18.0 Å². The van der Waals surface area contributed by atoms with Crippen LogP contribution in [0.5, 0.6) is 11.5 Å². The Labute approximate surface area is 248 Å². The van der Waals surface area contributed by atoms with Gasteiger partial charge in [0.2, 0.25) is 21.8 Å². The van der Waals surface area contributed by atoms with Crippen molar-refractivity contribution in [3.8, 4) is 11.5 Å². The molecule has 0 aromatic heterocycles. The van der Waals surface area contributed by atoms with Crippen LogP contribution in [-0.2, 0) is 32.6 Å². The van der Waals surface area contributed by atoms with E-state index in [1.807, 2.05) is 82.3 Å². The highest BCUT2D eigenvalue weighted by Crippen LogP contribution is 2.34. The summed E-state index contributed by atoms with van der Waals surface area (Å²) in [5.41, 5.74) is 2.48. The van der Waals surface area contributed by atoms with Crippen LogP contribution in [0, 0.1) is 6.92 Å². The molecule has 1 aliphatic rings. The smallest absolute Gasteiger partial charge is 0.244 e. The third-order valence-corrected chi connectivity index (χ3v) is 7.88. The lowest BCUT2D eigenvalue weighted by molar-refractivity contribution is -0.140. The van der Waals surface area contributed by atoms with Crippen LogP contribution in [0.25, 0.3) is 0 Å². The highest BCUT2D eigenvalue weighted by molar-refractivity contribution is 7.92. The van der Waals surface area contributed by atoms with Gasteiger partial charge in [-0.25, -0.2) is 8.42 Å². The Morgan fingerprint density at radius 1 is 0.905 bits per heavy atom. The first-order chi connectivity index (χ1) is 19.8. The van der Waals surface area contributed by atoms with E-state index in [-0.39, 0.29) is 24.6 Å². The maximum absolute atomic E-state index is 14.2. The van der Waals surface area contributed by atoms with Gasteiger partial charge in [-0.15, -0.1) is 0 Å². The van der Waals surface area contributed by atoms with Crippen molar-refractivity contribution in [3.05, 3.63) is 89.5 Å². The lowest BCUT2D eigenvalue weighted by Crippen LogP contribution is -2.56. The molecule has 1 atom stereocenters. The fraction of sp³-hybridized carbons (Fsp3) is 0.375. The van der Waals surface area contributed by atoms with Gasteiger partial charge in [-0.3, -0.25) is 13.9 Å². The molecule has 0 unspecified atom stereocenters. The topological polar surface area (TPSA) is 105 Å². The van der Waals surface area contributed by atoms with Crippen LogP contribution in [-0.4, -0.2) is 62.7 Å². The van der Waals surface area contributed by atoms with E-state index in [1.54, 1.807) is 18.2 Å². The Balaban J connectivity index is 1.74. The quantitative estimate of drug-likeness (QED) is 0.380. The van der Waals surface area contributed by atoms with Crippen molar-refractivity contribution < 1.29 is 27.5 Å². The van der Waals surface area contributed by atoms with E-state index in [2.05, 4.69) is 5.32 Å². The molecule has 0 spiro atoms. The molecular formula is C32H39N3O6S. The molecule has 1 N–H and O–H groups in total. The van der Waals surface area contributed by atoms with E-state index in [4.69, 9.17) is 9.47 Å². The Morgan fingerprint density at radius 3 is 2.17 bits per heavy atom. The normalized spacial score (nSPS) is 13.6. The molecule has 1 aliphatic heterocycles. The fourth-order valence-electron chi connectivity index (χ4n) is 4.70. The zero-order chi connectivity index (χ0) is 30.5. The summed E-state index contributed by atoms with van der Waals surface area (Å²) in [4.78, 5) is 29.5. The number of anilines is 1. The van der Waals surface area contributed by atoms with Gasteiger partial charge < -0.3 is 19.7 Å². The second kappa shape index (κ2) is 12.9. The lowest BCUT2D eigenvalue weighted by Gasteiger charge is -2.35. The van der Waals surface area contributed by atoms with E-state index < -0.39 is 34.1 Å². The summed E-state index contributed by atoms with van der Waals surface area (Å²) in [5.74, 6) is 0.0772. The third kappa shape index (κ3) is 8.25. The molecule has 0 saturated carbocycles. The molecule has 9 nitrogen and oxygen atoms in total. The maximum atomic E-state index is 14.2. The van der Waals surface area contributed by atoms with E-state index >= 15 is 0 Å². The molecule has 10 heteroatoms. The summed E-state index contributed by atoms with van der Waals surface area (Å²) < 4.78 is 38.4. The molecule has 224 valence electrons. The first-order valence-electron chi connectivity index (χ1n) is 13.9. The largest absolute Gasteiger partial charge is 0.486 e. The number of amides is 2. The fourth-order valence-corrected chi connectivity index (χ4v) is 5.54. The number of aryl methyl sites for hydroxylation is 1. The van der Waals surface area contributed by atoms with Gasteiger partial charge >= 0.3 is 0 Å². The van der Waals surface area contributed by atoms with Gasteiger partial charge in [0, 0.05) is 24.6 Å². The first-order valence-corrected chi connectivity index (χ1v) is 15.7. The molecule has 1 heterocycles. The van der Waals surface area contributed by atoms with Crippen LogP contribution in [0.1, 0.15) is 37.5 Å². The van der Waals surface area contributed by atoms with Gasteiger partial charge in [0.1, 0.15) is 25.8 Å². The molecule has 3 aromatic rings. The standard InChI is InChI=1S/C32H39N3O6S/c1-23-11-13-25(14-12-23)21-34(27(31(37)33-32(2,3)4)19-24-9-7-6-8-10-24)30(36)22-35(42(5,38)39)26-15-16-28-29(20-26)41-18-17-40-28/h6-16,20,27H,17-19,21-22H2,1-5H3,(H,33,37)/t27-/m0/s1. The van der Waals surface area contributed by atoms with Gasteiger partial charge in [-0.1, -0.05) is 60.2 Å². The van der Waals surface area contributed by atoms with Crippen LogP contribution < -0.4 is 19.1 Å². The van der Waals surface area contributed by atoms with Crippen molar-refractivity contribution in [1.29, 1.82) is 0 Å². The van der Waals surface area contributed by atoms with Crippen molar-refractivity contribution in [1.82, 2.24) is 10.2 Å². The predicted molar refractivity (Wildman–Crippen MR) is 163 cm³/mol. The summed E-state index contributed by atoms with van der Waals surface area (Å²) in [7, 11) is -3.90. The van der Waals surface area contributed by atoms with Crippen molar-refractivity contribution in [3.63, 3.8) is 0 Å². The monoisotopic (exact) mass is 593 g/mol. The number of ether oxygens (including phenoxy) is 2. The molecule has 0 bridgehead atoms. The van der Waals surface area contributed by atoms with Gasteiger partial charge in [0.15, 0.2) is 11.5 Å². The third-order valence-electron chi connectivity index (χ3n) is 6.74. The first kappa shape index (κ1) is 30.9. The van der Waals surface area contributed by atoms with Crippen LogP contribution in [0.2, 0.25) is 0 Å². The number of nitrogens with one attached hydrogen (secondary N) is 1. The number of carbonyl (C=O) groups is 2. The number of sulfonamides is 1. The molecule has 2 amide bonds. The van der Waals surface area contributed by atoms with Crippen molar-refractivity contribution in [2.24, 2.45) is 0 Å². The molecule has 0 saturated heterocycles. The molecule has 0 aliphatic carbocycles. The number of rotatable bonds is 10. The SMILES string of the molecule is Cc1ccc(CN(C(=O)CN(c2ccc3c(c2)OCCO3)S(C)(=O)=O)[C@@H](Cc2ccccc2)C(=O)NC(C)(C)C)cc1. The molecule has 4 rings (SSSR count). The predicted octanol–water partition coefficient (Wildman–Crippen LogP) is 4.09. The average Bonchev–Trinajstić information content (AvgIpc) is 2.93. The highest BCUT2D eigenvalue weighted by Gasteiger charge is 2.34. The summed E-state index contributed by atoms with van der Waals surface area (Å²) in [6.07, 6.45) is 1.30. The van der Waals surface area contributed by atoms with Gasteiger partial charge in [-0.2, -0.15) is 0 Å². The number of hydrogen-bond donors (Lipinski definition) is 1. The summed E-state index contributed by atoms with van der Waals surface area (Å²) >= 11 is 0. The number of nitrogens with zero attached hydrogens (tertiary/aromatic N) is 2. The lowest BCUT2D eigenvalue weighted by atomic mass is 10.0. The summed E-state index contributed by atoms with van der Waals surface area (Å²) in [5, 5.41) is 3.02. The minimum absolute atomic E-state index is 0.118. The Bertz CT molecular complexity index is 1500. The number of benzene rings is 3. The number of hydrogen-bond acceptors (Lipinski definition) is 6. The molecular weight excluding hydrogens is 554 g/mol. The van der Waals surface area contributed by atoms with Crippen molar-refractivity contribution in [2.75, 3.05) is 30.3 Å². The summed E-state index contributed by atoms with van der Waals surface area (Å²) in [6, 6.07) is 21.0. The zero-order valence-electron chi connectivity index (χ0n) is 24.8.